The van der Waals surface area contributed by atoms with Crippen molar-refractivity contribution in [2.75, 3.05) is 5.73 Å². The highest BCUT2D eigenvalue weighted by molar-refractivity contribution is 7.87. The standard InChI is InChI=1S/C17H13NO4S/c18-13-8-10-14(11-9-13)23(20,21)22-17(19)16-7-3-5-12-4-1-2-6-15(12)16/h1-11H,18H2. The quantitative estimate of drug-likeness (QED) is 0.590. The fourth-order valence-corrected chi connectivity index (χ4v) is 3.09. The van der Waals surface area contributed by atoms with Crippen LogP contribution >= 0.6 is 0 Å². The molecule has 0 amide bonds. The van der Waals surface area contributed by atoms with E-state index in [0.717, 1.165) is 5.39 Å². The van der Waals surface area contributed by atoms with Crippen LogP contribution in [0.4, 0.5) is 5.69 Å². The highest BCUT2D eigenvalue weighted by Gasteiger charge is 2.22. The highest BCUT2D eigenvalue weighted by Crippen LogP contribution is 2.22. The van der Waals surface area contributed by atoms with Crippen molar-refractivity contribution in [3.63, 3.8) is 0 Å². The topological polar surface area (TPSA) is 86.5 Å². The van der Waals surface area contributed by atoms with Crippen LogP contribution in [0, 0.1) is 0 Å². The smallest absolute Gasteiger partial charge is 0.354 e. The molecule has 0 bridgehead atoms. The van der Waals surface area contributed by atoms with Crippen LogP contribution in [0.25, 0.3) is 10.8 Å². The highest BCUT2D eigenvalue weighted by atomic mass is 32.2. The first-order valence-corrected chi connectivity index (χ1v) is 8.20. The summed E-state index contributed by atoms with van der Waals surface area (Å²) in [6, 6.07) is 17.7. The van der Waals surface area contributed by atoms with Crippen molar-refractivity contribution in [3.8, 4) is 0 Å². The van der Waals surface area contributed by atoms with Gasteiger partial charge >= 0.3 is 16.1 Å². The Kier molecular flexibility index (Phi) is 3.75. The van der Waals surface area contributed by atoms with Gasteiger partial charge in [-0.15, -0.1) is 0 Å². The van der Waals surface area contributed by atoms with Crippen LogP contribution in [0.15, 0.2) is 71.6 Å². The molecule has 0 fully saturated rings. The fourth-order valence-electron chi connectivity index (χ4n) is 2.23. The lowest BCUT2D eigenvalue weighted by atomic mass is 10.1. The predicted molar refractivity (Wildman–Crippen MR) is 87.4 cm³/mol. The molecule has 3 aromatic carbocycles. The lowest BCUT2D eigenvalue weighted by molar-refractivity contribution is 0.0749. The summed E-state index contributed by atoms with van der Waals surface area (Å²) in [5, 5.41) is 1.46. The van der Waals surface area contributed by atoms with Crippen LogP contribution < -0.4 is 5.73 Å². The SMILES string of the molecule is Nc1ccc(S(=O)(=O)OC(=O)c2cccc3ccccc23)cc1. The van der Waals surface area contributed by atoms with Crippen molar-refractivity contribution in [2.24, 2.45) is 0 Å². The molecule has 0 aliphatic carbocycles. The van der Waals surface area contributed by atoms with Gasteiger partial charge in [0.25, 0.3) is 0 Å². The zero-order valence-corrected chi connectivity index (χ0v) is 12.8. The molecule has 23 heavy (non-hydrogen) atoms. The largest absolute Gasteiger partial charge is 0.399 e. The molecule has 116 valence electrons. The van der Waals surface area contributed by atoms with Gasteiger partial charge in [0.2, 0.25) is 0 Å². The van der Waals surface area contributed by atoms with Gasteiger partial charge in [-0.05, 0) is 41.1 Å². The number of benzene rings is 3. The third-order valence-electron chi connectivity index (χ3n) is 3.36. The van der Waals surface area contributed by atoms with E-state index in [-0.39, 0.29) is 10.5 Å². The normalized spacial score (nSPS) is 11.3. The Morgan fingerprint density at radius 3 is 2.26 bits per heavy atom. The van der Waals surface area contributed by atoms with Crippen LogP contribution in [0.5, 0.6) is 0 Å². The second-order valence-electron chi connectivity index (χ2n) is 4.92. The van der Waals surface area contributed by atoms with Crippen LogP contribution in [0.3, 0.4) is 0 Å². The Labute approximate surface area is 133 Å². The number of anilines is 1. The van der Waals surface area contributed by atoms with Gasteiger partial charge in [-0.25, -0.2) is 4.79 Å². The van der Waals surface area contributed by atoms with Gasteiger partial charge in [0.05, 0.1) is 5.56 Å². The molecule has 5 nitrogen and oxygen atoms in total. The molecule has 0 unspecified atom stereocenters. The lowest BCUT2D eigenvalue weighted by Gasteiger charge is -2.08. The first-order valence-electron chi connectivity index (χ1n) is 6.79. The number of nitrogens with two attached hydrogens (primary N) is 1. The minimum absolute atomic E-state index is 0.125. The molecule has 0 saturated heterocycles. The van der Waals surface area contributed by atoms with Gasteiger partial charge in [0.15, 0.2) is 0 Å². The van der Waals surface area contributed by atoms with Crippen molar-refractivity contribution in [3.05, 3.63) is 72.3 Å². The molecule has 3 rings (SSSR count). The van der Waals surface area contributed by atoms with Crippen LogP contribution in [-0.2, 0) is 14.3 Å². The summed E-state index contributed by atoms with van der Waals surface area (Å²) in [6.45, 7) is 0. The Morgan fingerprint density at radius 1 is 0.870 bits per heavy atom. The maximum Gasteiger partial charge on any atom is 0.354 e. The van der Waals surface area contributed by atoms with Gasteiger partial charge in [-0.2, -0.15) is 8.42 Å². The number of hydrogen-bond acceptors (Lipinski definition) is 5. The molecule has 3 aromatic rings. The second kappa shape index (κ2) is 5.73. The van der Waals surface area contributed by atoms with Crippen molar-refractivity contribution < 1.29 is 17.4 Å². The molecule has 0 heterocycles. The summed E-state index contributed by atoms with van der Waals surface area (Å²) < 4.78 is 29.1. The average molecular weight is 327 g/mol. The van der Waals surface area contributed by atoms with Crippen molar-refractivity contribution >= 4 is 32.5 Å². The Morgan fingerprint density at radius 2 is 1.52 bits per heavy atom. The third-order valence-corrected chi connectivity index (χ3v) is 4.58. The minimum Gasteiger partial charge on any atom is -0.399 e. The van der Waals surface area contributed by atoms with Crippen LogP contribution in [-0.4, -0.2) is 14.4 Å². The van der Waals surface area contributed by atoms with E-state index in [4.69, 9.17) is 9.92 Å². The Hall–Kier alpha value is -2.86. The maximum atomic E-state index is 12.3. The summed E-state index contributed by atoms with van der Waals surface area (Å²) in [4.78, 5) is 12.2. The second-order valence-corrected chi connectivity index (χ2v) is 6.47. The number of rotatable bonds is 3. The lowest BCUT2D eigenvalue weighted by Crippen LogP contribution is -2.14. The van der Waals surface area contributed by atoms with E-state index >= 15 is 0 Å². The van der Waals surface area contributed by atoms with Crippen LogP contribution in [0.2, 0.25) is 0 Å². The van der Waals surface area contributed by atoms with Gasteiger partial charge in [0.1, 0.15) is 4.90 Å². The molecule has 0 atom stereocenters. The van der Waals surface area contributed by atoms with E-state index < -0.39 is 16.1 Å². The summed E-state index contributed by atoms with van der Waals surface area (Å²) >= 11 is 0. The molecule has 2 N–H and O–H groups in total. The zero-order chi connectivity index (χ0) is 16.4. The van der Waals surface area contributed by atoms with E-state index in [2.05, 4.69) is 0 Å². The molecule has 0 spiro atoms. The number of carbonyl (C=O) groups excluding carboxylic acids is 1. The zero-order valence-electron chi connectivity index (χ0n) is 12.0. The van der Waals surface area contributed by atoms with Crippen molar-refractivity contribution in [2.45, 2.75) is 4.90 Å². The molecule has 0 aliphatic rings. The molecule has 0 radical (unpaired) electrons. The summed E-state index contributed by atoms with van der Waals surface area (Å²) in [5.41, 5.74) is 6.14. The van der Waals surface area contributed by atoms with E-state index in [1.165, 1.54) is 30.3 Å². The third kappa shape index (κ3) is 3.02. The summed E-state index contributed by atoms with van der Waals surface area (Å²) in [6.07, 6.45) is 0. The van der Waals surface area contributed by atoms with Gasteiger partial charge in [-0.3, -0.25) is 0 Å². The molecule has 0 aliphatic heterocycles. The first-order chi connectivity index (χ1) is 11.0. The monoisotopic (exact) mass is 327 g/mol. The predicted octanol–water partition coefficient (Wildman–Crippen LogP) is 2.97. The molecular formula is C17H13NO4S. The van der Waals surface area contributed by atoms with Crippen molar-refractivity contribution in [1.29, 1.82) is 0 Å². The van der Waals surface area contributed by atoms with E-state index in [1.54, 1.807) is 18.2 Å². The molecule has 6 heteroatoms. The first kappa shape index (κ1) is 15.1. The molecular weight excluding hydrogens is 314 g/mol. The van der Waals surface area contributed by atoms with E-state index in [0.29, 0.717) is 11.1 Å². The number of carbonyl (C=O) groups is 1. The summed E-state index contributed by atoms with van der Waals surface area (Å²) in [5.74, 6) is -0.918. The summed E-state index contributed by atoms with van der Waals surface area (Å²) in [7, 11) is -4.20. The number of hydrogen-bond donors (Lipinski definition) is 1. The fraction of sp³-hybridized carbons (Fsp3) is 0. The van der Waals surface area contributed by atoms with Gasteiger partial charge in [-0.1, -0.05) is 36.4 Å². The Bertz CT molecular complexity index is 974. The minimum atomic E-state index is -4.20. The van der Waals surface area contributed by atoms with Gasteiger partial charge < -0.3 is 9.92 Å². The van der Waals surface area contributed by atoms with E-state index in [1.807, 2.05) is 18.2 Å². The molecule has 0 saturated carbocycles. The van der Waals surface area contributed by atoms with Crippen LogP contribution in [0.1, 0.15) is 10.4 Å². The van der Waals surface area contributed by atoms with E-state index in [9.17, 15) is 13.2 Å². The maximum absolute atomic E-state index is 12.3. The molecule has 0 aromatic heterocycles. The number of fused-ring (bicyclic) bond motifs is 1. The van der Waals surface area contributed by atoms with Gasteiger partial charge in [0, 0.05) is 5.69 Å². The Balaban J connectivity index is 1.96. The average Bonchev–Trinajstić information content (AvgIpc) is 2.54. The number of nitrogen functional groups attached to an aromatic ring is 1. The van der Waals surface area contributed by atoms with Crippen molar-refractivity contribution in [1.82, 2.24) is 0 Å².